The molecule has 0 amide bonds. The van der Waals surface area contributed by atoms with Gasteiger partial charge in [-0.2, -0.15) is 0 Å². The number of para-hydroxylation sites is 1. The molecule has 0 bridgehead atoms. The van der Waals surface area contributed by atoms with E-state index in [0.29, 0.717) is 0 Å². The number of aryl methyl sites for hydroxylation is 1. The lowest BCUT2D eigenvalue weighted by Crippen LogP contribution is -2.10. The summed E-state index contributed by atoms with van der Waals surface area (Å²) in [7, 11) is 0. The molecule has 1 aliphatic carbocycles. The zero-order valence-corrected chi connectivity index (χ0v) is 28.7. The van der Waals surface area contributed by atoms with Gasteiger partial charge < -0.3 is 4.90 Å². The second kappa shape index (κ2) is 12.2. The molecule has 10 rings (SSSR count). The summed E-state index contributed by atoms with van der Waals surface area (Å²) in [6.07, 6.45) is 4.81. The topological polar surface area (TPSA) is 34.0 Å². The Balaban J connectivity index is 1.25. The Bertz CT molecular complexity index is 2770. The third-order valence-electron chi connectivity index (χ3n) is 10.4. The number of aromatic nitrogens is 3. The molecule has 0 spiro atoms. The largest absolute Gasteiger partial charge is 0.310 e. The van der Waals surface area contributed by atoms with Gasteiger partial charge >= 0.3 is 0 Å². The van der Waals surface area contributed by atoms with Gasteiger partial charge in [0.25, 0.3) is 0 Å². The van der Waals surface area contributed by atoms with Crippen molar-refractivity contribution in [3.05, 3.63) is 193 Å². The van der Waals surface area contributed by atoms with Crippen LogP contribution in [-0.2, 0) is 6.42 Å². The highest BCUT2D eigenvalue weighted by atomic mass is 15.1. The van der Waals surface area contributed by atoms with Gasteiger partial charge in [0.1, 0.15) is 5.82 Å². The Kier molecular flexibility index (Phi) is 7.07. The molecule has 3 aromatic heterocycles. The number of fused-ring (bicyclic) bond motifs is 7. The molecule has 3 heterocycles. The maximum absolute atomic E-state index is 5.12. The highest BCUT2D eigenvalue weighted by Gasteiger charge is 2.26. The normalized spacial score (nSPS) is 11.9. The van der Waals surface area contributed by atoms with Crippen molar-refractivity contribution in [1.29, 1.82) is 0 Å². The molecule has 246 valence electrons. The van der Waals surface area contributed by atoms with Gasteiger partial charge in [-0.05, 0) is 113 Å². The first-order chi connectivity index (χ1) is 25.7. The predicted molar refractivity (Wildman–Crippen MR) is 215 cm³/mol. The second-order valence-corrected chi connectivity index (χ2v) is 13.5. The fourth-order valence-electron chi connectivity index (χ4n) is 8.03. The van der Waals surface area contributed by atoms with Crippen molar-refractivity contribution in [1.82, 2.24) is 14.5 Å². The van der Waals surface area contributed by atoms with E-state index < -0.39 is 0 Å². The molecule has 9 aromatic rings. The summed E-state index contributed by atoms with van der Waals surface area (Å²) < 4.78 is 2.37. The Hall–Kier alpha value is -6.78. The number of anilines is 3. The standard InChI is InChI=1S/C48H34N4/c1-32-31-50-46(30-42(32)33-13-4-2-5-14-33)52-44-25-22-36-27-34-15-8-9-20-40(34)47(36)48(44)41-24-23-39(29-45(41)52)51(37-17-6-3-7-18-37)38-19-12-16-35(28-38)43-21-10-11-26-49-43/h2-26,28-31H,27H2,1H3. The van der Waals surface area contributed by atoms with Crippen molar-refractivity contribution in [2.75, 3.05) is 4.90 Å². The summed E-state index contributed by atoms with van der Waals surface area (Å²) in [5.74, 6) is 0.899. The fraction of sp³-hybridized carbons (Fsp3) is 0.0417. The highest BCUT2D eigenvalue weighted by Crippen LogP contribution is 2.47. The van der Waals surface area contributed by atoms with Crippen LogP contribution in [-0.4, -0.2) is 14.5 Å². The van der Waals surface area contributed by atoms with Crippen LogP contribution in [0.25, 0.3) is 61.1 Å². The lowest BCUT2D eigenvalue weighted by atomic mass is 9.99. The molecule has 1 aliphatic rings. The zero-order valence-electron chi connectivity index (χ0n) is 28.7. The number of hydrogen-bond acceptors (Lipinski definition) is 3. The molecule has 6 aromatic carbocycles. The van der Waals surface area contributed by atoms with Crippen LogP contribution in [0.15, 0.2) is 176 Å². The molecular formula is C48H34N4. The van der Waals surface area contributed by atoms with E-state index in [1.165, 1.54) is 44.2 Å². The van der Waals surface area contributed by atoms with Gasteiger partial charge in [-0.3, -0.25) is 9.55 Å². The molecule has 0 saturated heterocycles. The third kappa shape index (κ3) is 4.91. The van der Waals surface area contributed by atoms with Crippen molar-refractivity contribution >= 4 is 38.9 Å². The van der Waals surface area contributed by atoms with Crippen LogP contribution in [0.3, 0.4) is 0 Å². The minimum Gasteiger partial charge on any atom is -0.310 e. The van der Waals surface area contributed by atoms with Gasteiger partial charge in [0.05, 0.1) is 16.7 Å². The molecule has 0 atom stereocenters. The minimum absolute atomic E-state index is 0.899. The molecule has 4 nitrogen and oxygen atoms in total. The van der Waals surface area contributed by atoms with Crippen molar-refractivity contribution < 1.29 is 0 Å². The highest BCUT2D eigenvalue weighted by molar-refractivity contribution is 6.18. The van der Waals surface area contributed by atoms with Crippen molar-refractivity contribution in [2.45, 2.75) is 13.3 Å². The van der Waals surface area contributed by atoms with Gasteiger partial charge in [0, 0.05) is 45.8 Å². The van der Waals surface area contributed by atoms with Crippen LogP contribution < -0.4 is 4.90 Å². The number of nitrogens with zero attached hydrogens (tertiary/aromatic N) is 4. The van der Waals surface area contributed by atoms with Crippen LogP contribution in [0.5, 0.6) is 0 Å². The molecule has 52 heavy (non-hydrogen) atoms. The molecule has 0 fully saturated rings. The molecule has 4 heteroatoms. The van der Waals surface area contributed by atoms with Crippen LogP contribution in [0.4, 0.5) is 17.1 Å². The monoisotopic (exact) mass is 666 g/mol. The average molecular weight is 667 g/mol. The number of hydrogen-bond donors (Lipinski definition) is 0. The van der Waals surface area contributed by atoms with E-state index in [9.17, 15) is 0 Å². The van der Waals surface area contributed by atoms with E-state index in [4.69, 9.17) is 4.98 Å². The van der Waals surface area contributed by atoms with Gasteiger partial charge in [0.15, 0.2) is 0 Å². The maximum Gasteiger partial charge on any atom is 0.138 e. The lowest BCUT2D eigenvalue weighted by Gasteiger charge is -2.26. The third-order valence-corrected chi connectivity index (χ3v) is 10.4. The Morgan fingerprint density at radius 1 is 0.538 bits per heavy atom. The van der Waals surface area contributed by atoms with E-state index in [2.05, 4.69) is 173 Å². The van der Waals surface area contributed by atoms with E-state index in [-0.39, 0.29) is 0 Å². The molecule has 0 aliphatic heterocycles. The summed E-state index contributed by atoms with van der Waals surface area (Å²) in [5, 5.41) is 2.49. The second-order valence-electron chi connectivity index (χ2n) is 13.5. The predicted octanol–water partition coefficient (Wildman–Crippen LogP) is 12.3. The van der Waals surface area contributed by atoms with E-state index in [1.807, 2.05) is 24.5 Å². The van der Waals surface area contributed by atoms with Gasteiger partial charge in [-0.25, -0.2) is 4.98 Å². The van der Waals surface area contributed by atoms with Crippen molar-refractivity contribution in [2.24, 2.45) is 0 Å². The zero-order chi connectivity index (χ0) is 34.6. The lowest BCUT2D eigenvalue weighted by molar-refractivity contribution is 1.07. The molecule has 0 N–H and O–H groups in total. The number of benzene rings is 6. The first-order valence-electron chi connectivity index (χ1n) is 17.8. The molecule has 0 unspecified atom stereocenters. The van der Waals surface area contributed by atoms with Crippen LogP contribution in [0.1, 0.15) is 16.7 Å². The fourth-order valence-corrected chi connectivity index (χ4v) is 8.03. The first-order valence-corrected chi connectivity index (χ1v) is 17.8. The molecule has 0 radical (unpaired) electrons. The summed E-state index contributed by atoms with van der Waals surface area (Å²) in [6.45, 7) is 2.14. The SMILES string of the molecule is Cc1cnc(-n2c3cc(N(c4ccccc4)c4cccc(-c5ccccn5)c4)ccc3c3c4c(ccc32)Cc2ccccc2-4)cc1-c1ccccc1. The Morgan fingerprint density at radius 3 is 2.13 bits per heavy atom. The van der Waals surface area contributed by atoms with Crippen molar-refractivity contribution in [3.8, 4) is 39.3 Å². The van der Waals surface area contributed by atoms with Crippen LogP contribution >= 0.6 is 0 Å². The smallest absolute Gasteiger partial charge is 0.138 e. The Morgan fingerprint density at radius 2 is 1.29 bits per heavy atom. The molecule has 0 saturated carbocycles. The number of rotatable bonds is 6. The van der Waals surface area contributed by atoms with Crippen LogP contribution in [0, 0.1) is 6.92 Å². The van der Waals surface area contributed by atoms with Gasteiger partial charge in [-0.15, -0.1) is 0 Å². The summed E-state index contributed by atoms with van der Waals surface area (Å²) >= 11 is 0. The van der Waals surface area contributed by atoms with Gasteiger partial charge in [0.2, 0.25) is 0 Å². The first kappa shape index (κ1) is 30.1. The quantitative estimate of drug-likeness (QED) is 0.177. The maximum atomic E-state index is 5.12. The van der Waals surface area contributed by atoms with Crippen molar-refractivity contribution in [3.63, 3.8) is 0 Å². The van der Waals surface area contributed by atoms with E-state index in [1.54, 1.807) is 0 Å². The Labute approximate surface area is 302 Å². The minimum atomic E-state index is 0.899. The summed E-state index contributed by atoms with van der Waals surface area (Å²) in [4.78, 5) is 12.1. The van der Waals surface area contributed by atoms with Crippen LogP contribution in [0.2, 0.25) is 0 Å². The molecular weight excluding hydrogens is 633 g/mol. The van der Waals surface area contributed by atoms with E-state index >= 15 is 0 Å². The average Bonchev–Trinajstić information content (AvgIpc) is 3.75. The summed E-state index contributed by atoms with van der Waals surface area (Å²) in [6, 6.07) is 58.6. The summed E-state index contributed by atoms with van der Waals surface area (Å²) in [5.41, 5.74) is 16.4. The van der Waals surface area contributed by atoms with E-state index in [0.717, 1.165) is 57.2 Å². The number of pyridine rings is 2. The van der Waals surface area contributed by atoms with Gasteiger partial charge in [-0.1, -0.05) is 103 Å².